The van der Waals surface area contributed by atoms with Crippen LogP contribution in [0.5, 0.6) is 0 Å². The minimum Gasteiger partial charge on any atom is -0.465 e. The molecule has 0 amide bonds. The smallest absolute Gasteiger partial charge is 0.319 e. The molecule has 1 aromatic carbocycles. The Morgan fingerprint density at radius 1 is 1.35 bits per heavy atom. The molecule has 0 atom stereocenters. The SMILES string of the molecule is CCOC(=O)CNCCc1c(N)c(N)cc(Br)c1CC. The fourth-order valence-corrected chi connectivity index (χ4v) is 2.83. The van der Waals surface area contributed by atoms with E-state index in [2.05, 4.69) is 28.2 Å². The molecule has 0 unspecified atom stereocenters. The molecule has 20 heavy (non-hydrogen) atoms. The largest absolute Gasteiger partial charge is 0.465 e. The monoisotopic (exact) mass is 343 g/mol. The molecule has 0 aliphatic rings. The Kier molecular flexibility index (Phi) is 6.81. The van der Waals surface area contributed by atoms with Crippen molar-refractivity contribution in [3.05, 3.63) is 21.7 Å². The second-order valence-corrected chi connectivity index (χ2v) is 5.26. The molecule has 0 aliphatic carbocycles. The number of carbonyl (C=O) groups is 1. The summed E-state index contributed by atoms with van der Waals surface area (Å²) in [5.41, 5.74) is 15.3. The number of nitrogens with two attached hydrogens (primary N) is 2. The van der Waals surface area contributed by atoms with Crippen LogP contribution >= 0.6 is 15.9 Å². The number of rotatable bonds is 7. The Bertz CT molecular complexity index is 478. The van der Waals surface area contributed by atoms with Gasteiger partial charge >= 0.3 is 5.97 Å². The van der Waals surface area contributed by atoms with E-state index in [4.69, 9.17) is 16.2 Å². The molecule has 5 N–H and O–H groups in total. The first-order valence-corrected chi connectivity index (χ1v) is 7.52. The van der Waals surface area contributed by atoms with Gasteiger partial charge in [-0.1, -0.05) is 22.9 Å². The fourth-order valence-electron chi connectivity index (χ4n) is 2.07. The molecule has 0 saturated heterocycles. The molecule has 0 spiro atoms. The lowest BCUT2D eigenvalue weighted by atomic mass is 9.99. The van der Waals surface area contributed by atoms with Crippen LogP contribution in [-0.2, 0) is 22.4 Å². The van der Waals surface area contributed by atoms with Gasteiger partial charge in [0, 0.05) is 4.47 Å². The minimum absolute atomic E-state index is 0.207. The zero-order valence-corrected chi connectivity index (χ0v) is 13.5. The molecular weight excluding hydrogens is 322 g/mol. The summed E-state index contributed by atoms with van der Waals surface area (Å²) in [5.74, 6) is -0.245. The highest BCUT2D eigenvalue weighted by molar-refractivity contribution is 9.10. The van der Waals surface area contributed by atoms with Gasteiger partial charge in [-0.3, -0.25) is 4.79 Å². The lowest BCUT2D eigenvalue weighted by molar-refractivity contribution is -0.141. The maximum absolute atomic E-state index is 11.2. The zero-order valence-electron chi connectivity index (χ0n) is 12.0. The van der Waals surface area contributed by atoms with Gasteiger partial charge in [0.15, 0.2) is 0 Å². The summed E-state index contributed by atoms with van der Waals surface area (Å²) >= 11 is 3.51. The Balaban J connectivity index is 2.66. The third-order valence-corrected chi connectivity index (χ3v) is 3.76. The third kappa shape index (κ3) is 4.38. The first-order chi connectivity index (χ1) is 9.51. The van der Waals surface area contributed by atoms with Gasteiger partial charge in [0.2, 0.25) is 0 Å². The number of halogens is 1. The molecule has 6 heteroatoms. The van der Waals surface area contributed by atoms with Gasteiger partial charge in [-0.2, -0.15) is 0 Å². The van der Waals surface area contributed by atoms with Crippen molar-refractivity contribution in [1.29, 1.82) is 0 Å². The fraction of sp³-hybridized carbons (Fsp3) is 0.500. The Hall–Kier alpha value is -1.27. The van der Waals surface area contributed by atoms with Gasteiger partial charge < -0.3 is 21.5 Å². The van der Waals surface area contributed by atoms with Crippen LogP contribution in [-0.4, -0.2) is 25.7 Å². The molecule has 0 aliphatic heterocycles. The summed E-state index contributed by atoms with van der Waals surface area (Å²) in [6, 6.07) is 1.84. The topological polar surface area (TPSA) is 90.4 Å². The Labute approximate surface area is 128 Å². The molecule has 1 aromatic rings. The van der Waals surface area contributed by atoms with E-state index >= 15 is 0 Å². The number of benzene rings is 1. The molecular formula is C14H22BrN3O2. The zero-order chi connectivity index (χ0) is 15.1. The normalized spacial score (nSPS) is 10.6. The molecule has 0 radical (unpaired) electrons. The first-order valence-electron chi connectivity index (χ1n) is 6.72. The second-order valence-electron chi connectivity index (χ2n) is 4.40. The van der Waals surface area contributed by atoms with Crippen LogP contribution in [0.2, 0.25) is 0 Å². The second kappa shape index (κ2) is 8.11. The van der Waals surface area contributed by atoms with Crippen LogP contribution in [0.1, 0.15) is 25.0 Å². The summed E-state index contributed by atoms with van der Waals surface area (Å²) in [4.78, 5) is 11.2. The quantitative estimate of drug-likeness (QED) is 0.399. The number of esters is 1. The van der Waals surface area contributed by atoms with Crippen molar-refractivity contribution >= 4 is 33.3 Å². The van der Waals surface area contributed by atoms with E-state index in [0.29, 0.717) is 24.5 Å². The average molecular weight is 344 g/mol. The van der Waals surface area contributed by atoms with Crippen molar-refractivity contribution in [3.8, 4) is 0 Å². The Morgan fingerprint density at radius 3 is 2.65 bits per heavy atom. The van der Waals surface area contributed by atoms with E-state index < -0.39 is 0 Å². The Morgan fingerprint density at radius 2 is 2.05 bits per heavy atom. The van der Waals surface area contributed by atoms with Crippen LogP contribution in [0.15, 0.2) is 10.5 Å². The van der Waals surface area contributed by atoms with Crippen molar-refractivity contribution < 1.29 is 9.53 Å². The van der Waals surface area contributed by atoms with E-state index in [9.17, 15) is 4.79 Å². The molecule has 0 heterocycles. The molecule has 0 saturated carbocycles. The predicted octanol–water partition coefficient (Wildman–Crippen LogP) is 1.87. The van der Waals surface area contributed by atoms with Crippen molar-refractivity contribution in [3.63, 3.8) is 0 Å². The highest BCUT2D eigenvalue weighted by atomic mass is 79.9. The van der Waals surface area contributed by atoms with Gasteiger partial charge in [0.05, 0.1) is 24.5 Å². The van der Waals surface area contributed by atoms with E-state index in [1.54, 1.807) is 6.92 Å². The summed E-state index contributed by atoms with van der Waals surface area (Å²) < 4.78 is 5.83. The predicted molar refractivity (Wildman–Crippen MR) is 85.6 cm³/mol. The summed E-state index contributed by atoms with van der Waals surface area (Å²) in [5, 5.41) is 3.05. The van der Waals surface area contributed by atoms with Crippen molar-refractivity contribution in [2.45, 2.75) is 26.7 Å². The molecule has 5 nitrogen and oxygen atoms in total. The number of hydrogen-bond donors (Lipinski definition) is 3. The number of ether oxygens (including phenoxy) is 1. The van der Waals surface area contributed by atoms with Crippen LogP contribution in [0.3, 0.4) is 0 Å². The standard InChI is InChI=1S/C14H22BrN3O2/c1-3-9-10(14(17)12(16)7-11(9)15)5-6-18-8-13(19)20-4-2/h7,18H,3-6,8,16-17H2,1-2H3. The maximum atomic E-state index is 11.2. The summed E-state index contributed by atoms with van der Waals surface area (Å²) in [6.07, 6.45) is 1.59. The van der Waals surface area contributed by atoms with E-state index in [-0.39, 0.29) is 12.5 Å². The highest BCUT2D eigenvalue weighted by Gasteiger charge is 2.12. The van der Waals surface area contributed by atoms with Crippen molar-refractivity contribution in [2.24, 2.45) is 0 Å². The van der Waals surface area contributed by atoms with Gasteiger partial charge in [0.1, 0.15) is 0 Å². The minimum atomic E-state index is -0.245. The molecule has 0 fully saturated rings. The number of nitrogen functional groups attached to an aromatic ring is 2. The van der Waals surface area contributed by atoms with Crippen molar-refractivity contribution in [1.82, 2.24) is 5.32 Å². The van der Waals surface area contributed by atoms with Gasteiger partial charge in [0.25, 0.3) is 0 Å². The number of nitrogens with one attached hydrogen (secondary N) is 1. The van der Waals surface area contributed by atoms with Crippen LogP contribution < -0.4 is 16.8 Å². The van der Waals surface area contributed by atoms with Crippen LogP contribution in [0.25, 0.3) is 0 Å². The lowest BCUT2D eigenvalue weighted by Gasteiger charge is -2.15. The van der Waals surface area contributed by atoms with Gasteiger partial charge in [-0.15, -0.1) is 0 Å². The molecule has 0 bridgehead atoms. The number of carbonyl (C=O) groups excluding carboxylic acids is 1. The summed E-state index contributed by atoms with van der Waals surface area (Å²) in [7, 11) is 0. The highest BCUT2D eigenvalue weighted by Crippen LogP contribution is 2.31. The lowest BCUT2D eigenvalue weighted by Crippen LogP contribution is -2.27. The number of hydrogen-bond acceptors (Lipinski definition) is 5. The third-order valence-electron chi connectivity index (χ3n) is 3.05. The van der Waals surface area contributed by atoms with Gasteiger partial charge in [-0.05, 0) is 43.5 Å². The maximum Gasteiger partial charge on any atom is 0.319 e. The molecule has 112 valence electrons. The van der Waals surface area contributed by atoms with Crippen LogP contribution in [0.4, 0.5) is 11.4 Å². The van der Waals surface area contributed by atoms with Crippen molar-refractivity contribution in [2.75, 3.05) is 31.2 Å². The van der Waals surface area contributed by atoms with E-state index in [0.717, 1.165) is 28.4 Å². The average Bonchev–Trinajstić information content (AvgIpc) is 2.40. The first kappa shape index (κ1) is 16.8. The van der Waals surface area contributed by atoms with Gasteiger partial charge in [-0.25, -0.2) is 0 Å². The summed E-state index contributed by atoms with van der Waals surface area (Å²) in [6.45, 7) is 5.11. The van der Waals surface area contributed by atoms with E-state index in [1.165, 1.54) is 0 Å². The van der Waals surface area contributed by atoms with Crippen LogP contribution in [0, 0.1) is 0 Å². The molecule has 1 rings (SSSR count). The molecule has 0 aromatic heterocycles. The number of anilines is 2. The van der Waals surface area contributed by atoms with E-state index in [1.807, 2.05) is 6.07 Å².